The van der Waals surface area contributed by atoms with E-state index >= 15 is 0 Å². The Balaban J connectivity index is 1.52. The van der Waals surface area contributed by atoms with Crippen LogP contribution in [0.5, 0.6) is 0 Å². The van der Waals surface area contributed by atoms with Crippen LogP contribution in [0.3, 0.4) is 0 Å². The van der Waals surface area contributed by atoms with Gasteiger partial charge in [0.15, 0.2) is 5.58 Å². The first kappa shape index (κ1) is 15.1. The summed E-state index contributed by atoms with van der Waals surface area (Å²) in [6, 6.07) is 5.70. The van der Waals surface area contributed by atoms with E-state index in [0.29, 0.717) is 13.1 Å². The fraction of sp³-hybridized carbons (Fsp3) is 0.471. The molecule has 0 saturated carbocycles. The van der Waals surface area contributed by atoms with Gasteiger partial charge in [0, 0.05) is 38.6 Å². The van der Waals surface area contributed by atoms with Crippen molar-refractivity contribution in [1.29, 1.82) is 0 Å². The predicted octanol–water partition coefficient (Wildman–Crippen LogP) is 0.621. The Kier molecular flexibility index (Phi) is 3.53. The molecule has 0 bridgehead atoms. The molecule has 7 nitrogen and oxygen atoms in total. The van der Waals surface area contributed by atoms with Crippen molar-refractivity contribution in [3.8, 4) is 0 Å². The van der Waals surface area contributed by atoms with Crippen LogP contribution in [-0.2, 0) is 16.1 Å². The average Bonchev–Trinajstić information content (AvgIpc) is 2.94. The largest absolute Gasteiger partial charge is 0.356 e. The molecule has 0 spiro atoms. The molecule has 2 aliphatic heterocycles. The van der Waals surface area contributed by atoms with E-state index in [0.717, 1.165) is 35.3 Å². The van der Waals surface area contributed by atoms with Crippen LogP contribution >= 0.6 is 0 Å². The number of benzene rings is 1. The van der Waals surface area contributed by atoms with E-state index in [1.54, 1.807) is 11.9 Å². The van der Waals surface area contributed by atoms with Gasteiger partial charge in [-0.15, -0.1) is 0 Å². The maximum absolute atomic E-state index is 12.4. The number of fused-ring (bicyclic) bond motifs is 2. The highest BCUT2D eigenvalue weighted by molar-refractivity contribution is 5.95. The van der Waals surface area contributed by atoms with Crippen LogP contribution in [-0.4, -0.2) is 70.9 Å². The molecule has 1 aromatic carbocycles. The van der Waals surface area contributed by atoms with E-state index < -0.39 is 0 Å². The van der Waals surface area contributed by atoms with E-state index in [1.807, 2.05) is 19.1 Å². The standard InChI is InChI=1S/C17H20N4O3/c1-11-13-7-12(3-4-15(13)24-18-11)8-20-5-6-21-14(9-20)17(23)19(2)10-16(21)22/h3-4,7,14H,5-6,8-10H2,1-2H3/t14-/m1/s1. The highest BCUT2D eigenvalue weighted by Crippen LogP contribution is 2.22. The van der Waals surface area contributed by atoms with Crippen LogP contribution < -0.4 is 0 Å². The molecule has 0 radical (unpaired) electrons. The number of carbonyl (C=O) groups is 2. The number of nitrogens with zero attached hydrogens (tertiary/aromatic N) is 4. The van der Waals surface area contributed by atoms with Gasteiger partial charge in [0.05, 0.1) is 12.2 Å². The van der Waals surface area contributed by atoms with Crippen molar-refractivity contribution in [2.45, 2.75) is 19.5 Å². The Morgan fingerprint density at radius 1 is 1.29 bits per heavy atom. The monoisotopic (exact) mass is 328 g/mol. The van der Waals surface area contributed by atoms with Gasteiger partial charge in [-0.25, -0.2) is 0 Å². The zero-order valence-electron chi connectivity index (χ0n) is 13.9. The number of carbonyl (C=O) groups excluding carboxylic acids is 2. The number of amides is 2. The van der Waals surface area contributed by atoms with Crippen molar-refractivity contribution in [2.24, 2.45) is 0 Å². The summed E-state index contributed by atoms with van der Waals surface area (Å²) in [7, 11) is 1.69. The van der Waals surface area contributed by atoms with Crippen molar-refractivity contribution in [3.63, 3.8) is 0 Å². The smallest absolute Gasteiger partial charge is 0.246 e. The lowest BCUT2D eigenvalue weighted by Crippen LogP contribution is -2.65. The fourth-order valence-corrected chi connectivity index (χ4v) is 3.58. The molecule has 3 heterocycles. The van der Waals surface area contributed by atoms with Crippen LogP contribution in [0.15, 0.2) is 22.7 Å². The first-order chi connectivity index (χ1) is 11.5. The van der Waals surface area contributed by atoms with E-state index in [-0.39, 0.29) is 24.4 Å². The van der Waals surface area contributed by atoms with Crippen molar-refractivity contribution < 1.29 is 14.1 Å². The SMILES string of the molecule is Cc1noc2ccc(CN3CCN4C(=O)CN(C)C(=O)[C@H]4C3)cc12. The van der Waals surface area contributed by atoms with Gasteiger partial charge in [0.2, 0.25) is 11.8 Å². The second kappa shape index (κ2) is 5.59. The van der Waals surface area contributed by atoms with Gasteiger partial charge >= 0.3 is 0 Å². The lowest BCUT2D eigenvalue weighted by atomic mass is 10.1. The quantitative estimate of drug-likeness (QED) is 0.808. The van der Waals surface area contributed by atoms with Crippen LogP contribution in [0.2, 0.25) is 0 Å². The minimum absolute atomic E-state index is 0.0321. The molecule has 2 aromatic rings. The Morgan fingerprint density at radius 3 is 2.96 bits per heavy atom. The second-order valence-corrected chi connectivity index (χ2v) is 6.63. The highest BCUT2D eigenvalue weighted by atomic mass is 16.5. The third kappa shape index (κ3) is 2.45. The number of hydrogen-bond donors (Lipinski definition) is 0. The Hall–Kier alpha value is -2.41. The lowest BCUT2D eigenvalue weighted by molar-refractivity contribution is -0.158. The van der Waals surface area contributed by atoms with Gasteiger partial charge in [-0.3, -0.25) is 14.5 Å². The predicted molar refractivity (Wildman–Crippen MR) is 87.2 cm³/mol. The van der Waals surface area contributed by atoms with Gasteiger partial charge in [0.25, 0.3) is 0 Å². The topological polar surface area (TPSA) is 69.9 Å². The molecule has 2 fully saturated rings. The molecule has 2 saturated heterocycles. The third-order valence-electron chi connectivity index (χ3n) is 4.94. The molecule has 0 unspecified atom stereocenters. The van der Waals surface area contributed by atoms with Gasteiger partial charge < -0.3 is 14.3 Å². The normalized spacial score (nSPS) is 22.3. The molecule has 0 aliphatic carbocycles. The van der Waals surface area contributed by atoms with Gasteiger partial charge in [-0.1, -0.05) is 11.2 Å². The van der Waals surface area contributed by atoms with Gasteiger partial charge in [-0.2, -0.15) is 0 Å². The Labute approximate surface area is 139 Å². The molecular weight excluding hydrogens is 308 g/mol. The zero-order chi connectivity index (χ0) is 16.8. The molecule has 7 heteroatoms. The fourth-order valence-electron chi connectivity index (χ4n) is 3.58. The molecule has 24 heavy (non-hydrogen) atoms. The summed E-state index contributed by atoms with van der Waals surface area (Å²) in [6.45, 7) is 4.83. The van der Waals surface area contributed by atoms with E-state index in [4.69, 9.17) is 4.52 Å². The summed E-state index contributed by atoms with van der Waals surface area (Å²) in [5.74, 6) is 0.0768. The molecule has 0 N–H and O–H groups in total. The third-order valence-corrected chi connectivity index (χ3v) is 4.94. The molecular formula is C17H20N4O3. The number of rotatable bonds is 2. The molecule has 2 aliphatic rings. The lowest BCUT2D eigenvalue weighted by Gasteiger charge is -2.45. The number of aromatic nitrogens is 1. The maximum atomic E-state index is 12.4. The first-order valence-electron chi connectivity index (χ1n) is 8.14. The first-order valence-corrected chi connectivity index (χ1v) is 8.14. The number of hydrogen-bond acceptors (Lipinski definition) is 5. The van der Waals surface area contributed by atoms with Crippen molar-refractivity contribution >= 4 is 22.8 Å². The minimum Gasteiger partial charge on any atom is -0.356 e. The number of piperazine rings is 2. The summed E-state index contributed by atoms with van der Waals surface area (Å²) in [5.41, 5.74) is 2.83. The van der Waals surface area contributed by atoms with Crippen molar-refractivity contribution in [1.82, 2.24) is 19.9 Å². The van der Waals surface area contributed by atoms with Crippen LogP contribution in [0.1, 0.15) is 11.3 Å². The van der Waals surface area contributed by atoms with E-state index in [9.17, 15) is 9.59 Å². The summed E-state index contributed by atoms with van der Waals surface area (Å²) in [6.07, 6.45) is 0. The van der Waals surface area contributed by atoms with E-state index in [1.165, 1.54) is 4.90 Å². The number of likely N-dealkylation sites (N-methyl/N-ethyl adjacent to an activating group) is 1. The van der Waals surface area contributed by atoms with Gasteiger partial charge in [-0.05, 0) is 24.6 Å². The second-order valence-electron chi connectivity index (χ2n) is 6.63. The van der Waals surface area contributed by atoms with Crippen LogP contribution in [0, 0.1) is 6.92 Å². The maximum Gasteiger partial charge on any atom is 0.246 e. The molecule has 4 rings (SSSR count). The van der Waals surface area contributed by atoms with Crippen molar-refractivity contribution in [2.75, 3.05) is 33.2 Å². The molecule has 126 valence electrons. The molecule has 2 amide bonds. The van der Waals surface area contributed by atoms with Crippen molar-refractivity contribution in [3.05, 3.63) is 29.5 Å². The zero-order valence-corrected chi connectivity index (χ0v) is 13.9. The summed E-state index contributed by atoms with van der Waals surface area (Å²) in [4.78, 5) is 30.0. The molecule has 1 atom stereocenters. The van der Waals surface area contributed by atoms with E-state index in [2.05, 4.69) is 16.1 Å². The van der Waals surface area contributed by atoms with Crippen LogP contribution in [0.4, 0.5) is 0 Å². The van der Waals surface area contributed by atoms with Gasteiger partial charge in [0.1, 0.15) is 6.04 Å². The minimum atomic E-state index is -0.356. The van der Waals surface area contributed by atoms with Crippen LogP contribution in [0.25, 0.3) is 11.0 Å². The Bertz CT molecular complexity index is 815. The Morgan fingerprint density at radius 2 is 2.12 bits per heavy atom. The number of aryl methyl sites for hydroxylation is 1. The highest BCUT2D eigenvalue weighted by Gasteiger charge is 2.41. The molecule has 1 aromatic heterocycles. The summed E-state index contributed by atoms with van der Waals surface area (Å²) in [5, 5.41) is 5.00. The summed E-state index contributed by atoms with van der Waals surface area (Å²) < 4.78 is 5.24. The average molecular weight is 328 g/mol. The summed E-state index contributed by atoms with van der Waals surface area (Å²) >= 11 is 0.